The molecule has 2 aromatic rings. The van der Waals surface area contributed by atoms with Crippen LogP contribution in [0.15, 0.2) is 59.5 Å². The molecular formula is C15H14O3S. The third kappa shape index (κ3) is 3.59. The van der Waals surface area contributed by atoms with E-state index in [1.165, 1.54) is 0 Å². The fraction of sp³-hybridized carbons (Fsp3) is 0.133. The number of methoxy groups -OCH3 is 1. The highest BCUT2D eigenvalue weighted by molar-refractivity contribution is 8.13. The Balaban J connectivity index is 2.04. The topological polar surface area (TPSA) is 46.5 Å². The highest BCUT2D eigenvalue weighted by Gasteiger charge is 2.18. The monoisotopic (exact) mass is 274 g/mol. The molecular weight excluding hydrogens is 260 g/mol. The molecule has 0 aliphatic carbocycles. The second-order valence-corrected chi connectivity index (χ2v) is 4.99. The molecule has 3 nitrogen and oxygen atoms in total. The number of ether oxygens (including phenoxy) is 1. The quantitative estimate of drug-likeness (QED) is 0.870. The molecule has 0 aliphatic rings. The number of carbonyl (C=O) groups is 1. The van der Waals surface area contributed by atoms with Crippen LogP contribution in [0.5, 0.6) is 5.75 Å². The fourth-order valence-electron chi connectivity index (χ4n) is 1.59. The van der Waals surface area contributed by atoms with Gasteiger partial charge in [0.05, 0.1) is 7.11 Å². The van der Waals surface area contributed by atoms with Crippen molar-refractivity contribution in [3.63, 3.8) is 0 Å². The lowest BCUT2D eigenvalue weighted by molar-refractivity contribution is -0.118. The largest absolute Gasteiger partial charge is 0.497 e. The molecule has 0 aliphatic heterocycles. The molecule has 1 N–H and O–H groups in total. The predicted molar refractivity (Wildman–Crippen MR) is 75.3 cm³/mol. The smallest absolute Gasteiger partial charge is 0.226 e. The maximum absolute atomic E-state index is 11.9. The first kappa shape index (κ1) is 13.6. The number of thioether (sulfide) groups is 1. The summed E-state index contributed by atoms with van der Waals surface area (Å²) in [5.74, 6) is 0.736. The van der Waals surface area contributed by atoms with E-state index < -0.39 is 6.10 Å². The van der Waals surface area contributed by atoms with E-state index in [-0.39, 0.29) is 5.12 Å². The lowest BCUT2D eigenvalue weighted by atomic mass is 10.1. The highest BCUT2D eigenvalue weighted by atomic mass is 32.2. The number of carbonyl (C=O) groups excluding carboxylic acids is 1. The van der Waals surface area contributed by atoms with Gasteiger partial charge in [0, 0.05) is 4.90 Å². The number of aliphatic hydroxyl groups is 1. The minimum Gasteiger partial charge on any atom is -0.497 e. The number of rotatable bonds is 4. The van der Waals surface area contributed by atoms with Crippen molar-refractivity contribution in [2.45, 2.75) is 11.0 Å². The molecule has 0 heterocycles. The Hall–Kier alpha value is -1.78. The molecule has 2 aromatic carbocycles. The zero-order chi connectivity index (χ0) is 13.7. The van der Waals surface area contributed by atoms with Gasteiger partial charge in [0.15, 0.2) is 0 Å². The Morgan fingerprint density at radius 3 is 2.32 bits per heavy atom. The maximum Gasteiger partial charge on any atom is 0.226 e. The first-order chi connectivity index (χ1) is 9.20. The first-order valence-corrected chi connectivity index (χ1v) is 6.61. The Morgan fingerprint density at radius 1 is 1.11 bits per heavy atom. The average molecular weight is 274 g/mol. The molecule has 0 saturated heterocycles. The van der Waals surface area contributed by atoms with Gasteiger partial charge in [-0.1, -0.05) is 30.3 Å². The van der Waals surface area contributed by atoms with Crippen molar-refractivity contribution in [1.82, 2.24) is 0 Å². The summed E-state index contributed by atoms with van der Waals surface area (Å²) in [4.78, 5) is 12.7. The molecule has 0 saturated carbocycles. The van der Waals surface area contributed by atoms with E-state index in [2.05, 4.69) is 0 Å². The fourth-order valence-corrected chi connectivity index (χ4v) is 2.34. The molecule has 4 heteroatoms. The Kier molecular flexibility index (Phi) is 4.60. The van der Waals surface area contributed by atoms with E-state index in [9.17, 15) is 9.90 Å². The lowest BCUT2D eigenvalue weighted by Crippen LogP contribution is -2.07. The highest BCUT2D eigenvalue weighted by Crippen LogP contribution is 2.27. The van der Waals surface area contributed by atoms with Gasteiger partial charge in [0.2, 0.25) is 5.12 Å². The Bertz CT molecular complexity index is 537. The summed E-state index contributed by atoms with van der Waals surface area (Å²) >= 11 is 1.02. The molecule has 19 heavy (non-hydrogen) atoms. The summed E-state index contributed by atoms with van der Waals surface area (Å²) < 4.78 is 5.05. The maximum atomic E-state index is 11.9. The van der Waals surface area contributed by atoms with Crippen molar-refractivity contribution in [3.8, 4) is 5.75 Å². The van der Waals surface area contributed by atoms with Gasteiger partial charge in [-0.2, -0.15) is 0 Å². The van der Waals surface area contributed by atoms with Gasteiger partial charge in [0.1, 0.15) is 11.9 Å². The van der Waals surface area contributed by atoms with Crippen molar-refractivity contribution in [2.75, 3.05) is 7.11 Å². The first-order valence-electron chi connectivity index (χ1n) is 5.79. The molecule has 0 amide bonds. The van der Waals surface area contributed by atoms with Gasteiger partial charge in [-0.15, -0.1) is 0 Å². The van der Waals surface area contributed by atoms with Gasteiger partial charge in [-0.25, -0.2) is 0 Å². The minimum atomic E-state index is -1.10. The van der Waals surface area contributed by atoms with Crippen molar-refractivity contribution in [3.05, 3.63) is 60.2 Å². The molecule has 2 rings (SSSR count). The van der Waals surface area contributed by atoms with Crippen LogP contribution in [0, 0.1) is 0 Å². The summed E-state index contributed by atoms with van der Waals surface area (Å²) in [6.07, 6.45) is -1.10. The number of aliphatic hydroxyl groups excluding tert-OH is 1. The Labute approximate surface area is 116 Å². The number of hydrogen-bond acceptors (Lipinski definition) is 4. The van der Waals surface area contributed by atoms with Crippen LogP contribution in [0.4, 0.5) is 0 Å². The predicted octanol–water partition coefficient (Wildman–Crippen LogP) is 3.05. The number of hydrogen-bond donors (Lipinski definition) is 1. The van der Waals surface area contributed by atoms with Crippen LogP contribution in [-0.2, 0) is 4.79 Å². The van der Waals surface area contributed by atoms with E-state index in [0.29, 0.717) is 5.56 Å². The summed E-state index contributed by atoms with van der Waals surface area (Å²) in [5.41, 5.74) is 0.605. The molecule has 0 fully saturated rings. The van der Waals surface area contributed by atoms with E-state index >= 15 is 0 Å². The lowest BCUT2D eigenvalue weighted by Gasteiger charge is -2.09. The normalized spacial score (nSPS) is 11.9. The van der Waals surface area contributed by atoms with Crippen LogP contribution >= 0.6 is 11.8 Å². The molecule has 1 unspecified atom stereocenters. The third-order valence-corrected chi connectivity index (χ3v) is 3.55. The second kappa shape index (κ2) is 6.41. The van der Waals surface area contributed by atoms with Gasteiger partial charge < -0.3 is 9.84 Å². The van der Waals surface area contributed by atoms with Gasteiger partial charge in [-0.05, 0) is 41.6 Å². The standard InChI is InChI=1S/C15H14O3S/c1-18-12-7-9-13(10-8-12)19-15(17)14(16)11-5-3-2-4-6-11/h2-10,14,16H,1H3. The second-order valence-electron chi connectivity index (χ2n) is 3.91. The van der Waals surface area contributed by atoms with Crippen LogP contribution in [-0.4, -0.2) is 17.3 Å². The molecule has 1 atom stereocenters. The van der Waals surface area contributed by atoms with Crippen LogP contribution in [0.1, 0.15) is 11.7 Å². The third-order valence-electron chi connectivity index (χ3n) is 2.62. The van der Waals surface area contributed by atoms with Crippen LogP contribution in [0.3, 0.4) is 0 Å². The molecule has 0 aromatic heterocycles. The zero-order valence-corrected chi connectivity index (χ0v) is 11.3. The van der Waals surface area contributed by atoms with Crippen molar-refractivity contribution in [2.24, 2.45) is 0 Å². The van der Waals surface area contributed by atoms with E-state index in [1.54, 1.807) is 55.6 Å². The van der Waals surface area contributed by atoms with Crippen LogP contribution in [0.25, 0.3) is 0 Å². The summed E-state index contributed by atoms with van der Waals surface area (Å²) in [6.45, 7) is 0. The van der Waals surface area contributed by atoms with Gasteiger partial charge >= 0.3 is 0 Å². The molecule has 0 bridgehead atoms. The van der Waals surface area contributed by atoms with Crippen molar-refractivity contribution in [1.29, 1.82) is 0 Å². The van der Waals surface area contributed by atoms with Gasteiger partial charge in [-0.3, -0.25) is 4.79 Å². The van der Waals surface area contributed by atoms with E-state index in [1.807, 2.05) is 6.07 Å². The SMILES string of the molecule is COc1ccc(SC(=O)C(O)c2ccccc2)cc1. The zero-order valence-electron chi connectivity index (χ0n) is 10.4. The molecule has 0 radical (unpaired) electrons. The van der Waals surface area contributed by atoms with Crippen LogP contribution < -0.4 is 4.74 Å². The summed E-state index contributed by atoms with van der Waals surface area (Å²) in [7, 11) is 1.59. The molecule has 0 spiro atoms. The number of benzene rings is 2. The van der Waals surface area contributed by atoms with Crippen molar-refractivity contribution < 1.29 is 14.6 Å². The average Bonchev–Trinajstić information content (AvgIpc) is 2.48. The molecule has 98 valence electrons. The Morgan fingerprint density at radius 2 is 1.74 bits per heavy atom. The summed E-state index contributed by atoms with van der Waals surface area (Å²) in [5, 5.41) is 9.66. The van der Waals surface area contributed by atoms with E-state index in [4.69, 9.17) is 4.74 Å². The summed E-state index contributed by atoms with van der Waals surface area (Å²) in [6, 6.07) is 16.0. The van der Waals surface area contributed by atoms with Crippen molar-refractivity contribution >= 4 is 16.9 Å². The minimum absolute atomic E-state index is 0.295. The van der Waals surface area contributed by atoms with E-state index in [0.717, 1.165) is 22.4 Å². The van der Waals surface area contributed by atoms with Crippen LogP contribution in [0.2, 0.25) is 0 Å². The van der Waals surface area contributed by atoms with Gasteiger partial charge in [0.25, 0.3) is 0 Å².